The minimum atomic E-state index is -0.0189. The zero-order valence-electron chi connectivity index (χ0n) is 28.1. The van der Waals surface area contributed by atoms with Crippen LogP contribution in [0, 0.1) is 0 Å². The standard InChI is InChI=1S/C47H31N5/c1-3-14-30(15-4-1)44-45-40(22-13-27-48-45)49-47(50-44)52-42-24-12-10-20-35(42)39-29-38(33-18-7-8-21-37(33)46(39)52)31-25-26-36-34-19-9-11-23-41(34)51(43(36)28-31)32-16-5-2-6-17-32/h1-29,39,46H. The number of aromatic nitrogens is 4. The number of rotatable bonds is 4. The second-order valence-corrected chi connectivity index (χ2v) is 13.6. The molecule has 0 radical (unpaired) electrons. The molecule has 0 N–H and O–H groups in total. The van der Waals surface area contributed by atoms with Gasteiger partial charge in [0.25, 0.3) is 0 Å². The first kappa shape index (κ1) is 28.9. The highest BCUT2D eigenvalue weighted by Gasteiger charge is 2.44. The Hall–Kier alpha value is -6.85. The highest BCUT2D eigenvalue weighted by molar-refractivity contribution is 6.10. The van der Waals surface area contributed by atoms with E-state index < -0.39 is 0 Å². The van der Waals surface area contributed by atoms with Gasteiger partial charge < -0.3 is 9.47 Å². The van der Waals surface area contributed by atoms with Crippen molar-refractivity contribution in [2.24, 2.45) is 0 Å². The van der Waals surface area contributed by atoms with Crippen LogP contribution in [0.5, 0.6) is 0 Å². The normalized spacial score (nSPS) is 16.2. The maximum atomic E-state index is 5.32. The van der Waals surface area contributed by atoms with Gasteiger partial charge in [-0.15, -0.1) is 0 Å². The number of fused-ring (bicyclic) bond motifs is 9. The quantitative estimate of drug-likeness (QED) is 0.188. The summed E-state index contributed by atoms with van der Waals surface area (Å²) in [5, 5.41) is 2.51. The van der Waals surface area contributed by atoms with Crippen LogP contribution in [0.2, 0.25) is 0 Å². The molecular formula is C47H31N5. The predicted molar refractivity (Wildman–Crippen MR) is 211 cm³/mol. The maximum Gasteiger partial charge on any atom is 0.231 e. The fraction of sp³-hybridized carbons (Fsp3) is 0.0426. The first-order valence-corrected chi connectivity index (χ1v) is 17.8. The Bertz CT molecular complexity index is 2870. The summed E-state index contributed by atoms with van der Waals surface area (Å²) in [7, 11) is 0. The van der Waals surface area contributed by atoms with Crippen molar-refractivity contribution in [1.82, 2.24) is 19.5 Å². The van der Waals surface area contributed by atoms with Crippen LogP contribution in [0.25, 0.3) is 55.4 Å². The lowest BCUT2D eigenvalue weighted by molar-refractivity contribution is 0.654. The number of pyridine rings is 1. The van der Waals surface area contributed by atoms with Gasteiger partial charge in [-0.3, -0.25) is 4.98 Å². The number of para-hydroxylation sites is 3. The van der Waals surface area contributed by atoms with E-state index in [0.29, 0.717) is 5.95 Å². The van der Waals surface area contributed by atoms with Gasteiger partial charge >= 0.3 is 0 Å². The molecule has 5 heteroatoms. The van der Waals surface area contributed by atoms with Gasteiger partial charge in [-0.2, -0.15) is 0 Å². The number of hydrogen-bond acceptors (Lipinski definition) is 4. The van der Waals surface area contributed by atoms with Gasteiger partial charge in [0.15, 0.2) is 0 Å². The topological polar surface area (TPSA) is 46.8 Å². The lowest BCUT2D eigenvalue weighted by Gasteiger charge is -2.34. The van der Waals surface area contributed by atoms with Gasteiger partial charge in [-0.1, -0.05) is 127 Å². The fourth-order valence-corrected chi connectivity index (χ4v) is 8.59. The summed E-state index contributed by atoms with van der Waals surface area (Å²) in [5.74, 6) is 0.768. The van der Waals surface area contributed by atoms with Crippen molar-refractivity contribution in [3.05, 3.63) is 198 Å². The summed E-state index contributed by atoms with van der Waals surface area (Å²) in [5.41, 5.74) is 14.4. The van der Waals surface area contributed by atoms with E-state index in [4.69, 9.17) is 15.0 Å². The first-order chi connectivity index (χ1) is 25.8. The Labute approximate surface area is 300 Å². The summed E-state index contributed by atoms with van der Waals surface area (Å²) in [6.07, 6.45) is 4.31. The van der Waals surface area contributed by atoms with E-state index in [2.05, 4.69) is 149 Å². The minimum absolute atomic E-state index is 0.0189. The van der Waals surface area contributed by atoms with Crippen LogP contribution < -0.4 is 4.90 Å². The molecule has 1 aliphatic heterocycles. The molecule has 0 saturated carbocycles. The monoisotopic (exact) mass is 665 g/mol. The lowest BCUT2D eigenvalue weighted by atomic mass is 9.77. The first-order valence-electron chi connectivity index (χ1n) is 17.8. The van der Waals surface area contributed by atoms with Crippen LogP contribution in [0.3, 0.4) is 0 Å². The number of nitrogens with zero attached hydrogens (tertiary/aromatic N) is 5. The Morgan fingerprint density at radius 2 is 1.27 bits per heavy atom. The molecule has 3 aromatic heterocycles. The Balaban J connectivity index is 1.12. The van der Waals surface area contributed by atoms with Gasteiger partial charge in [0.2, 0.25) is 5.95 Å². The van der Waals surface area contributed by atoms with E-state index in [1.165, 1.54) is 49.6 Å². The molecule has 2 aliphatic rings. The van der Waals surface area contributed by atoms with Gasteiger partial charge in [-0.25, -0.2) is 9.97 Å². The highest BCUT2D eigenvalue weighted by atomic mass is 15.3. The van der Waals surface area contributed by atoms with E-state index in [1.807, 2.05) is 36.5 Å². The van der Waals surface area contributed by atoms with Crippen LogP contribution in [-0.2, 0) is 0 Å². The predicted octanol–water partition coefficient (Wildman–Crippen LogP) is 11.2. The third kappa shape index (κ3) is 4.26. The van der Waals surface area contributed by atoms with Crippen molar-refractivity contribution in [2.45, 2.75) is 12.0 Å². The summed E-state index contributed by atoms with van der Waals surface area (Å²) >= 11 is 0. The second-order valence-electron chi connectivity index (χ2n) is 13.6. The molecule has 52 heavy (non-hydrogen) atoms. The molecule has 11 rings (SSSR count). The fourth-order valence-electron chi connectivity index (χ4n) is 8.59. The summed E-state index contributed by atoms with van der Waals surface area (Å²) in [6, 6.07) is 58.3. The van der Waals surface area contributed by atoms with Crippen molar-refractivity contribution in [2.75, 3.05) is 4.90 Å². The van der Waals surface area contributed by atoms with Gasteiger partial charge in [0.1, 0.15) is 11.2 Å². The average Bonchev–Trinajstić information content (AvgIpc) is 3.73. The zero-order valence-corrected chi connectivity index (χ0v) is 28.1. The molecule has 0 fully saturated rings. The summed E-state index contributed by atoms with van der Waals surface area (Å²) < 4.78 is 2.40. The molecule has 0 bridgehead atoms. The van der Waals surface area contributed by atoms with Crippen LogP contribution in [0.1, 0.15) is 34.2 Å². The number of anilines is 2. The third-order valence-corrected chi connectivity index (χ3v) is 10.8. The molecule has 0 spiro atoms. The minimum Gasteiger partial charge on any atom is -0.309 e. The largest absolute Gasteiger partial charge is 0.309 e. The second kappa shape index (κ2) is 11.3. The lowest BCUT2D eigenvalue weighted by Crippen LogP contribution is -2.26. The van der Waals surface area contributed by atoms with E-state index in [-0.39, 0.29) is 12.0 Å². The Kier molecular flexibility index (Phi) is 6.31. The Morgan fingerprint density at radius 1 is 0.538 bits per heavy atom. The van der Waals surface area contributed by atoms with E-state index in [0.717, 1.165) is 33.7 Å². The van der Waals surface area contributed by atoms with E-state index in [1.54, 1.807) is 0 Å². The highest BCUT2D eigenvalue weighted by Crippen LogP contribution is 2.57. The molecule has 4 heterocycles. The Morgan fingerprint density at radius 3 is 2.15 bits per heavy atom. The average molecular weight is 666 g/mol. The zero-order chi connectivity index (χ0) is 34.2. The number of benzene rings is 6. The van der Waals surface area contributed by atoms with Crippen LogP contribution in [0.15, 0.2) is 176 Å². The molecule has 244 valence electrons. The van der Waals surface area contributed by atoms with Crippen LogP contribution in [0.4, 0.5) is 11.6 Å². The molecule has 1 aliphatic carbocycles. The van der Waals surface area contributed by atoms with Crippen LogP contribution in [-0.4, -0.2) is 19.5 Å². The molecule has 0 amide bonds. The summed E-state index contributed by atoms with van der Waals surface area (Å²) in [6.45, 7) is 0. The number of hydrogen-bond donors (Lipinski definition) is 0. The molecule has 6 aromatic carbocycles. The van der Waals surface area contributed by atoms with E-state index >= 15 is 0 Å². The smallest absolute Gasteiger partial charge is 0.231 e. The third-order valence-electron chi connectivity index (χ3n) is 10.8. The summed E-state index contributed by atoms with van der Waals surface area (Å²) in [4.78, 5) is 17.6. The van der Waals surface area contributed by atoms with Crippen molar-refractivity contribution in [1.29, 1.82) is 0 Å². The maximum absolute atomic E-state index is 5.32. The van der Waals surface area contributed by atoms with Crippen molar-refractivity contribution >= 4 is 50.0 Å². The molecule has 2 unspecified atom stereocenters. The van der Waals surface area contributed by atoms with Gasteiger partial charge in [0, 0.05) is 39.8 Å². The SMILES string of the molecule is C1=C(c2ccc3c4ccccc4n(-c4ccccc4)c3c2)c2ccccc2C2C1c1ccccc1N2c1nc(-c2ccccc2)c2ncccc2n1. The van der Waals surface area contributed by atoms with Gasteiger partial charge in [-0.05, 0) is 70.3 Å². The van der Waals surface area contributed by atoms with E-state index in [9.17, 15) is 0 Å². The molecule has 2 atom stereocenters. The molecular weight excluding hydrogens is 635 g/mol. The van der Waals surface area contributed by atoms with Crippen molar-refractivity contribution in [3.63, 3.8) is 0 Å². The van der Waals surface area contributed by atoms with Crippen molar-refractivity contribution < 1.29 is 0 Å². The van der Waals surface area contributed by atoms with Gasteiger partial charge in [0.05, 0.1) is 22.6 Å². The van der Waals surface area contributed by atoms with Crippen molar-refractivity contribution in [3.8, 4) is 16.9 Å². The molecule has 5 nitrogen and oxygen atoms in total. The molecule has 0 saturated heterocycles. The molecule has 9 aromatic rings. The van der Waals surface area contributed by atoms with Crippen LogP contribution >= 0.6 is 0 Å².